The van der Waals surface area contributed by atoms with E-state index in [1.54, 1.807) is 30.2 Å². The zero-order chi connectivity index (χ0) is 17.5. The minimum Gasteiger partial charge on any atom is -0.383 e. The first-order valence-electron chi connectivity index (χ1n) is 7.75. The SMILES string of the molecule is COCCNCCNC(=O)C1CC(=O)N(c2cc(Cl)cc(Cl)c2)C1.Cl. The van der Waals surface area contributed by atoms with Crippen molar-refractivity contribution in [1.29, 1.82) is 0 Å². The maximum atomic E-state index is 12.2. The Hall–Kier alpha value is -1.05. The minimum absolute atomic E-state index is 0. The zero-order valence-corrected chi connectivity index (χ0v) is 16.2. The van der Waals surface area contributed by atoms with Crippen molar-refractivity contribution >= 4 is 53.1 Å². The standard InChI is InChI=1S/C16H21Cl2N3O3.ClH/c1-24-5-4-19-2-3-20-16(23)11-6-15(22)21(10-11)14-8-12(17)7-13(18)9-14;/h7-9,11,19H,2-6,10H2,1H3,(H,20,23);1H. The lowest BCUT2D eigenvalue weighted by Gasteiger charge is -2.17. The van der Waals surface area contributed by atoms with E-state index in [4.69, 9.17) is 27.9 Å². The van der Waals surface area contributed by atoms with Crippen LogP contribution in [0.2, 0.25) is 10.0 Å². The maximum Gasteiger partial charge on any atom is 0.227 e. The molecule has 1 aliphatic rings. The number of carbonyl (C=O) groups excluding carboxylic acids is 2. The number of nitrogens with zero attached hydrogens (tertiary/aromatic N) is 1. The van der Waals surface area contributed by atoms with Crippen LogP contribution in [-0.4, -0.2) is 51.7 Å². The Bertz CT molecular complexity index is 581. The fourth-order valence-corrected chi connectivity index (χ4v) is 3.06. The van der Waals surface area contributed by atoms with E-state index in [9.17, 15) is 9.59 Å². The van der Waals surface area contributed by atoms with Crippen LogP contribution in [0.1, 0.15) is 6.42 Å². The largest absolute Gasteiger partial charge is 0.383 e. The zero-order valence-electron chi connectivity index (χ0n) is 13.9. The summed E-state index contributed by atoms with van der Waals surface area (Å²) in [6.45, 7) is 2.86. The number of carbonyl (C=O) groups is 2. The van der Waals surface area contributed by atoms with Gasteiger partial charge in [0.2, 0.25) is 11.8 Å². The smallest absolute Gasteiger partial charge is 0.227 e. The number of rotatable bonds is 8. The number of ether oxygens (including phenoxy) is 1. The predicted molar refractivity (Wildman–Crippen MR) is 102 cm³/mol. The van der Waals surface area contributed by atoms with Crippen LogP contribution in [0.4, 0.5) is 5.69 Å². The van der Waals surface area contributed by atoms with Gasteiger partial charge in [-0.2, -0.15) is 0 Å². The average Bonchev–Trinajstić information content (AvgIpc) is 2.91. The third-order valence-electron chi connectivity index (χ3n) is 3.74. The highest BCUT2D eigenvalue weighted by molar-refractivity contribution is 6.35. The molecule has 1 aromatic rings. The van der Waals surface area contributed by atoms with Gasteiger partial charge < -0.3 is 20.3 Å². The van der Waals surface area contributed by atoms with E-state index in [0.29, 0.717) is 42.0 Å². The Morgan fingerprint density at radius 1 is 1.24 bits per heavy atom. The van der Waals surface area contributed by atoms with Gasteiger partial charge in [-0.25, -0.2) is 0 Å². The molecular formula is C16H22Cl3N3O3. The van der Waals surface area contributed by atoms with Crippen molar-refractivity contribution in [3.05, 3.63) is 28.2 Å². The number of anilines is 1. The summed E-state index contributed by atoms with van der Waals surface area (Å²) in [7, 11) is 1.64. The van der Waals surface area contributed by atoms with Gasteiger partial charge in [-0.05, 0) is 18.2 Å². The molecule has 6 nitrogen and oxygen atoms in total. The van der Waals surface area contributed by atoms with Crippen molar-refractivity contribution in [2.24, 2.45) is 5.92 Å². The fourth-order valence-electron chi connectivity index (χ4n) is 2.55. The molecule has 1 fully saturated rings. The molecule has 1 atom stereocenters. The third kappa shape index (κ3) is 6.64. The molecule has 1 heterocycles. The van der Waals surface area contributed by atoms with Crippen LogP contribution in [0.5, 0.6) is 0 Å². The number of nitrogens with one attached hydrogen (secondary N) is 2. The monoisotopic (exact) mass is 409 g/mol. The Kier molecular flexibility index (Phi) is 9.53. The van der Waals surface area contributed by atoms with Gasteiger partial charge in [-0.15, -0.1) is 12.4 Å². The summed E-state index contributed by atoms with van der Waals surface area (Å²) >= 11 is 12.0. The Morgan fingerprint density at radius 3 is 2.56 bits per heavy atom. The predicted octanol–water partition coefficient (Wildman–Crippen LogP) is 2.12. The molecule has 140 valence electrons. The van der Waals surface area contributed by atoms with Crippen LogP contribution in [0.3, 0.4) is 0 Å². The molecule has 1 aliphatic heterocycles. The first kappa shape index (κ1) is 22.0. The van der Waals surface area contributed by atoms with Gasteiger partial charge in [0.15, 0.2) is 0 Å². The lowest BCUT2D eigenvalue weighted by atomic mass is 10.1. The topological polar surface area (TPSA) is 70.7 Å². The maximum absolute atomic E-state index is 12.2. The molecule has 0 spiro atoms. The highest BCUT2D eigenvalue weighted by Crippen LogP contribution is 2.30. The summed E-state index contributed by atoms with van der Waals surface area (Å²) in [5.74, 6) is -0.589. The first-order chi connectivity index (χ1) is 11.5. The molecule has 0 bridgehead atoms. The number of benzene rings is 1. The molecule has 1 saturated heterocycles. The van der Waals surface area contributed by atoms with Gasteiger partial charge >= 0.3 is 0 Å². The van der Waals surface area contributed by atoms with Gasteiger partial charge in [0.1, 0.15) is 0 Å². The van der Waals surface area contributed by atoms with Crippen molar-refractivity contribution in [2.75, 3.05) is 44.8 Å². The van der Waals surface area contributed by atoms with E-state index >= 15 is 0 Å². The molecule has 1 unspecified atom stereocenters. The lowest BCUT2D eigenvalue weighted by molar-refractivity contribution is -0.126. The second kappa shape index (κ2) is 10.8. The van der Waals surface area contributed by atoms with E-state index in [2.05, 4.69) is 10.6 Å². The van der Waals surface area contributed by atoms with Crippen molar-refractivity contribution in [2.45, 2.75) is 6.42 Å². The molecule has 2 N–H and O–H groups in total. The highest BCUT2D eigenvalue weighted by atomic mass is 35.5. The fraction of sp³-hybridized carbons (Fsp3) is 0.500. The van der Waals surface area contributed by atoms with Crippen molar-refractivity contribution in [3.8, 4) is 0 Å². The van der Waals surface area contributed by atoms with Crippen molar-refractivity contribution in [1.82, 2.24) is 10.6 Å². The lowest BCUT2D eigenvalue weighted by Crippen LogP contribution is -2.37. The van der Waals surface area contributed by atoms with Crippen LogP contribution >= 0.6 is 35.6 Å². The van der Waals surface area contributed by atoms with Crippen molar-refractivity contribution < 1.29 is 14.3 Å². The van der Waals surface area contributed by atoms with E-state index in [1.165, 1.54) is 0 Å². The number of hydrogen-bond acceptors (Lipinski definition) is 4. The second-order valence-electron chi connectivity index (χ2n) is 5.57. The molecular weight excluding hydrogens is 389 g/mol. The van der Waals surface area contributed by atoms with E-state index in [-0.39, 0.29) is 36.6 Å². The Morgan fingerprint density at radius 2 is 1.92 bits per heavy atom. The van der Waals surface area contributed by atoms with Crippen LogP contribution in [0.25, 0.3) is 0 Å². The Balaban J connectivity index is 0.00000312. The van der Waals surface area contributed by atoms with Crippen LogP contribution in [-0.2, 0) is 14.3 Å². The molecule has 9 heteroatoms. The van der Waals surface area contributed by atoms with Crippen LogP contribution < -0.4 is 15.5 Å². The quantitative estimate of drug-likeness (QED) is 0.644. The molecule has 2 amide bonds. The van der Waals surface area contributed by atoms with Crippen LogP contribution in [0.15, 0.2) is 18.2 Å². The van der Waals surface area contributed by atoms with Gasteiger partial charge in [0, 0.05) is 55.4 Å². The molecule has 1 aromatic carbocycles. The molecule has 25 heavy (non-hydrogen) atoms. The van der Waals surface area contributed by atoms with Gasteiger partial charge in [0.05, 0.1) is 12.5 Å². The number of hydrogen-bond donors (Lipinski definition) is 2. The van der Waals surface area contributed by atoms with Crippen LogP contribution in [0, 0.1) is 5.92 Å². The molecule has 0 aliphatic carbocycles. The summed E-state index contributed by atoms with van der Waals surface area (Å²) in [6, 6.07) is 4.95. The van der Waals surface area contributed by atoms with E-state index in [1.807, 2.05) is 0 Å². The summed E-state index contributed by atoms with van der Waals surface area (Å²) in [6.07, 6.45) is 0.188. The van der Waals surface area contributed by atoms with Crippen molar-refractivity contribution in [3.63, 3.8) is 0 Å². The average molecular weight is 411 g/mol. The summed E-state index contributed by atoms with van der Waals surface area (Å²) < 4.78 is 4.92. The summed E-state index contributed by atoms with van der Waals surface area (Å²) in [5, 5.41) is 6.90. The minimum atomic E-state index is -0.366. The summed E-state index contributed by atoms with van der Waals surface area (Å²) in [4.78, 5) is 25.9. The highest BCUT2D eigenvalue weighted by Gasteiger charge is 2.35. The first-order valence-corrected chi connectivity index (χ1v) is 8.50. The normalized spacial score (nSPS) is 16.7. The molecule has 0 aromatic heterocycles. The third-order valence-corrected chi connectivity index (χ3v) is 4.18. The van der Waals surface area contributed by atoms with Gasteiger partial charge in [0.25, 0.3) is 0 Å². The number of methoxy groups -OCH3 is 1. The molecule has 0 saturated carbocycles. The molecule has 2 rings (SSSR count). The number of amides is 2. The molecule has 0 radical (unpaired) electrons. The van der Waals surface area contributed by atoms with Gasteiger partial charge in [-0.3, -0.25) is 9.59 Å². The van der Waals surface area contributed by atoms with E-state index < -0.39 is 0 Å². The number of halogens is 3. The summed E-state index contributed by atoms with van der Waals surface area (Å²) in [5.41, 5.74) is 0.619. The Labute approximate surface area is 163 Å². The van der Waals surface area contributed by atoms with Gasteiger partial charge in [-0.1, -0.05) is 23.2 Å². The van der Waals surface area contributed by atoms with E-state index in [0.717, 1.165) is 6.54 Å². The second-order valence-corrected chi connectivity index (χ2v) is 6.44.